The first-order valence-corrected chi connectivity index (χ1v) is 4.94. The summed E-state index contributed by atoms with van der Waals surface area (Å²) < 4.78 is 1.80. The fourth-order valence-corrected chi connectivity index (χ4v) is 2.13. The standard InChI is InChI=1S/C9H4ClIN2/c10-8-2-1-3-9-7(8)4-6(5-12)13(9)11/h1-4H. The van der Waals surface area contributed by atoms with Crippen molar-refractivity contribution in [2.45, 2.75) is 0 Å². The first-order chi connectivity index (χ1) is 6.24. The van der Waals surface area contributed by atoms with E-state index in [1.54, 1.807) is 8.85 Å². The molecule has 0 unspecified atom stereocenters. The molecular formula is C9H4ClIN2. The van der Waals surface area contributed by atoms with Crippen molar-refractivity contribution in [1.29, 1.82) is 5.26 Å². The minimum atomic E-state index is 0.615. The monoisotopic (exact) mass is 302 g/mol. The van der Waals surface area contributed by atoms with Gasteiger partial charge in [-0.15, -0.1) is 0 Å². The van der Waals surface area contributed by atoms with Crippen LogP contribution >= 0.6 is 34.5 Å². The number of aromatic nitrogens is 1. The van der Waals surface area contributed by atoms with E-state index in [0.717, 1.165) is 10.9 Å². The average Bonchev–Trinajstić information content (AvgIpc) is 2.45. The number of hydrogen-bond acceptors (Lipinski definition) is 1. The lowest BCUT2D eigenvalue weighted by molar-refractivity contribution is 1.33. The third-order valence-corrected chi connectivity index (χ3v) is 3.22. The molecule has 4 heteroatoms. The highest BCUT2D eigenvalue weighted by molar-refractivity contribution is 14.1. The summed E-state index contributed by atoms with van der Waals surface area (Å²) in [5.74, 6) is 0. The second-order valence-electron chi connectivity index (χ2n) is 2.59. The fourth-order valence-electron chi connectivity index (χ4n) is 1.24. The molecule has 64 valence electrons. The molecule has 1 aromatic heterocycles. The van der Waals surface area contributed by atoms with Crippen LogP contribution in [-0.4, -0.2) is 2.78 Å². The molecule has 0 radical (unpaired) electrons. The molecule has 0 saturated heterocycles. The van der Waals surface area contributed by atoms with Gasteiger partial charge in [-0.25, -0.2) is 0 Å². The Morgan fingerprint density at radius 1 is 1.46 bits per heavy atom. The normalized spacial score (nSPS) is 10.2. The van der Waals surface area contributed by atoms with Gasteiger partial charge in [0.25, 0.3) is 0 Å². The van der Waals surface area contributed by atoms with Gasteiger partial charge in [0.05, 0.1) is 33.4 Å². The molecule has 0 aliphatic heterocycles. The highest BCUT2D eigenvalue weighted by Gasteiger charge is 2.07. The van der Waals surface area contributed by atoms with Gasteiger partial charge >= 0.3 is 0 Å². The predicted octanol–water partition coefficient (Wildman–Crippen LogP) is 3.36. The summed E-state index contributed by atoms with van der Waals surface area (Å²) in [6.07, 6.45) is 0. The molecule has 2 rings (SSSR count). The van der Waals surface area contributed by atoms with E-state index in [-0.39, 0.29) is 0 Å². The third-order valence-electron chi connectivity index (χ3n) is 1.85. The molecular weight excluding hydrogens is 298 g/mol. The SMILES string of the molecule is N#Cc1cc2c(Cl)cccc2n1I. The van der Waals surface area contributed by atoms with E-state index in [1.807, 2.05) is 18.2 Å². The van der Waals surface area contributed by atoms with Crippen LogP contribution < -0.4 is 0 Å². The van der Waals surface area contributed by atoms with Gasteiger partial charge in [-0.3, -0.25) is 2.78 Å². The molecule has 1 heterocycles. The zero-order valence-electron chi connectivity index (χ0n) is 6.46. The first kappa shape index (κ1) is 8.85. The lowest BCUT2D eigenvalue weighted by Gasteiger charge is -1.94. The molecule has 0 amide bonds. The lowest BCUT2D eigenvalue weighted by atomic mass is 10.2. The van der Waals surface area contributed by atoms with Gasteiger partial charge in [0, 0.05) is 5.39 Å². The summed E-state index contributed by atoms with van der Waals surface area (Å²) in [7, 11) is 0. The second-order valence-corrected chi connectivity index (χ2v) is 3.97. The van der Waals surface area contributed by atoms with Crippen molar-refractivity contribution in [1.82, 2.24) is 2.78 Å². The molecule has 0 spiro atoms. The van der Waals surface area contributed by atoms with Crippen LogP contribution in [0.1, 0.15) is 5.69 Å². The fraction of sp³-hybridized carbons (Fsp3) is 0. The van der Waals surface area contributed by atoms with Crippen LogP contribution in [0.25, 0.3) is 10.9 Å². The maximum atomic E-state index is 8.79. The minimum Gasteiger partial charge on any atom is -0.273 e. The number of nitrogens with zero attached hydrogens (tertiary/aromatic N) is 2. The Kier molecular flexibility index (Phi) is 2.18. The summed E-state index contributed by atoms with van der Waals surface area (Å²) in [6, 6.07) is 9.54. The maximum absolute atomic E-state index is 8.79. The number of fused-ring (bicyclic) bond motifs is 1. The number of rotatable bonds is 0. The van der Waals surface area contributed by atoms with E-state index in [4.69, 9.17) is 16.9 Å². The molecule has 1 aromatic carbocycles. The summed E-state index contributed by atoms with van der Waals surface area (Å²) in [6.45, 7) is 0. The van der Waals surface area contributed by atoms with E-state index in [0.29, 0.717) is 10.7 Å². The van der Waals surface area contributed by atoms with Gasteiger partial charge in [0.15, 0.2) is 0 Å². The van der Waals surface area contributed by atoms with E-state index >= 15 is 0 Å². The van der Waals surface area contributed by atoms with Crippen molar-refractivity contribution in [3.8, 4) is 6.07 Å². The van der Waals surface area contributed by atoms with Gasteiger partial charge < -0.3 is 0 Å². The van der Waals surface area contributed by atoms with Crippen LogP contribution in [0.4, 0.5) is 0 Å². The largest absolute Gasteiger partial charge is 0.273 e. The van der Waals surface area contributed by atoms with E-state index in [9.17, 15) is 0 Å². The Morgan fingerprint density at radius 3 is 2.85 bits per heavy atom. The molecule has 2 aromatic rings. The van der Waals surface area contributed by atoms with Crippen LogP contribution in [0, 0.1) is 11.3 Å². The van der Waals surface area contributed by atoms with Crippen LogP contribution in [0.2, 0.25) is 5.02 Å². The topological polar surface area (TPSA) is 28.7 Å². The number of hydrogen-bond donors (Lipinski definition) is 0. The molecule has 0 atom stereocenters. The molecule has 0 bridgehead atoms. The predicted molar refractivity (Wildman–Crippen MR) is 61.1 cm³/mol. The molecule has 0 aliphatic carbocycles. The number of halogens is 2. The number of benzene rings is 1. The van der Waals surface area contributed by atoms with Crippen molar-refractivity contribution >= 4 is 45.4 Å². The van der Waals surface area contributed by atoms with Crippen LogP contribution in [0.3, 0.4) is 0 Å². The molecule has 0 saturated carbocycles. The number of nitriles is 1. The Balaban J connectivity index is 2.94. The van der Waals surface area contributed by atoms with Gasteiger partial charge in [-0.05, 0) is 18.2 Å². The summed E-state index contributed by atoms with van der Waals surface area (Å²) in [5.41, 5.74) is 1.59. The van der Waals surface area contributed by atoms with E-state index < -0.39 is 0 Å². The quantitative estimate of drug-likeness (QED) is 0.686. The third kappa shape index (κ3) is 1.30. The highest BCUT2D eigenvalue weighted by Crippen LogP contribution is 2.27. The summed E-state index contributed by atoms with van der Waals surface area (Å²) >= 11 is 8.06. The van der Waals surface area contributed by atoms with Crippen molar-refractivity contribution in [2.24, 2.45) is 0 Å². The smallest absolute Gasteiger partial charge is 0.130 e. The van der Waals surface area contributed by atoms with Crippen LogP contribution in [0.5, 0.6) is 0 Å². The Bertz CT molecular complexity index is 510. The molecule has 0 N–H and O–H groups in total. The van der Waals surface area contributed by atoms with Crippen LogP contribution in [0.15, 0.2) is 24.3 Å². The highest BCUT2D eigenvalue weighted by atomic mass is 127. The molecule has 0 fully saturated rings. The Labute approximate surface area is 94.2 Å². The summed E-state index contributed by atoms with van der Waals surface area (Å²) in [5, 5.41) is 10.4. The zero-order valence-corrected chi connectivity index (χ0v) is 9.37. The van der Waals surface area contributed by atoms with Crippen molar-refractivity contribution in [3.05, 3.63) is 35.0 Å². The lowest BCUT2D eigenvalue weighted by Crippen LogP contribution is -1.80. The molecule has 13 heavy (non-hydrogen) atoms. The minimum absolute atomic E-state index is 0.615. The Hall–Kier alpha value is -0.730. The van der Waals surface area contributed by atoms with E-state index in [2.05, 4.69) is 28.9 Å². The first-order valence-electron chi connectivity index (χ1n) is 3.60. The van der Waals surface area contributed by atoms with Crippen molar-refractivity contribution in [3.63, 3.8) is 0 Å². The van der Waals surface area contributed by atoms with Gasteiger partial charge in [-0.2, -0.15) is 5.26 Å². The van der Waals surface area contributed by atoms with Crippen molar-refractivity contribution in [2.75, 3.05) is 0 Å². The van der Waals surface area contributed by atoms with Gasteiger partial charge in [0.1, 0.15) is 11.8 Å². The van der Waals surface area contributed by atoms with Gasteiger partial charge in [0.2, 0.25) is 0 Å². The van der Waals surface area contributed by atoms with Crippen molar-refractivity contribution < 1.29 is 0 Å². The summed E-state index contributed by atoms with van der Waals surface area (Å²) in [4.78, 5) is 0. The molecule has 0 aliphatic rings. The second kappa shape index (κ2) is 3.20. The van der Waals surface area contributed by atoms with Crippen LogP contribution in [-0.2, 0) is 0 Å². The van der Waals surface area contributed by atoms with E-state index in [1.165, 1.54) is 0 Å². The maximum Gasteiger partial charge on any atom is 0.130 e. The Morgan fingerprint density at radius 2 is 2.23 bits per heavy atom. The average molecular weight is 303 g/mol. The zero-order chi connectivity index (χ0) is 9.42. The molecule has 2 nitrogen and oxygen atoms in total. The van der Waals surface area contributed by atoms with Gasteiger partial charge in [-0.1, -0.05) is 17.7 Å².